The first-order valence-corrected chi connectivity index (χ1v) is 10.5. The Balaban J connectivity index is 2.38. The topological polar surface area (TPSA) is 58.6 Å². The molecule has 0 radical (unpaired) electrons. The molecule has 2 rings (SSSR count). The Morgan fingerprint density at radius 1 is 1.03 bits per heavy atom. The zero-order valence-corrected chi connectivity index (χ0v) is 18.9. The van der Waals surface area contributed by atoms with Crippen LogP contribution in [-0.4, -0.2) is 41.0 Å². The minimum Gasteiger partial charge on any atom is -0.465 e. The average molecular weight is 427 g/mol. The van der Waals surface area contributed by atoms with Crippen molar-refractivity contribution in [3.05, 3.63) is 71.8 Å². The number of thiocarbonyl (C=S) groups is 1. The number of hydrogen-bond donors (Lipinski definition) is 1. The molecule has 0 aromatic heterocycles. The summed E-state index contributed by atoms with van der Waals surface area (Å²) in [6.07, 6.45) is 0. The minimum absolute atomic E-state index is 0.0298. The minimum atomic E-state index is -0.421. The molecule has 0 heterocycles. The number of hydrogen-bond acceptors (Lipinski definition) is 4. The molecule has 0 aliphatic carbocycles. The molecular weight excluding hydrogens is 396 g/mol. The van der Waals surface area contributed by atoms with E-state index in [4.69, 9.17) is 17.0 Å². The zero-order valence-electron chi connectivity index (χ0n) is 18.1. The molecule has 0 fully saturated rings. The molecule has 0 saturated carbocycles. The third-order valence-electron chi connectivity index (χ3n) is 4.57. The fourth-order valence-corrected chi connectivity index (χ4v) is 3.83. The van der Waals surface area contributed by atoms with Crippen molar-refractivity contribution in [1.82, 2.24) is 10.2 Å². The van der Waals surface area contributed by atoms with Gasteiger partial charge in [0.25, 0.3) is 5.91 Å². The van der Waals surface area contributed by atoms with Gasteiger partial charge in [-0.3, -0.25) is 9.59 Å². The average Bonchev–Trinajstić information content (AvgIpc) is 2.72. The number of rotatable bonds is 8. The van der Waals surface area contributed by atoms with E-state index in [1.807, 2.05) is 69.3 Å². The molecular formula is C24H30N2O3S. The smallest absolute Gasteiger partial charge is 0.325 e. The molecule has 1 unspecified atom stereocenters. The third kappa shape index (κ3) is 6.66. The van der Waals surface area contributed by atoms with Gasteiger partial charge in [-0.25, -0.2) is 0 Å². The van der Waals surface area contributed by atoms with E-state index in [9.17, 15) is 9.59 Å². The highest BCUT2D eigenvalue weighted by Gasteiger charge is 2.37. The Morgan fingerprint density at radius 3 is 2.13 bits per heavy atom. The van der Waals surface area contributed by atoms with Gasteiger partial charge in [0.05, 0.1) is 17.6 Å². The van der Waals surface area contributed by atoms with Crippen LogP contribution < -0.4 is 5.32 Å². The largest absolute Gasteiger partial charge is 0.465 e. The van der Waals surface area contributed by atoms with Gasteiger partial charge in [-0.05, 0) is 30.0 Å². The van der Waals surface area contributed by atoms with Crippen LogP contribution in [0.5, 0.6) is 0 Å². The summed E-state index contributed by atoms with van der Waals surface area (Å²) >= 11 is 5.68. The second kappa shape index (κ2) is 10.9. The lowest BCUT2D eigenvalue weighted by Crippen LogP contribution is -2.55. The lowest BCUT2D eigenvalue weighted by Gasteiger charge is -2.41. The number of esters is 1. The van der Waals surface area contributed by atoms with Crippen LogP contribution in [0.15, 0.2) is 60.7 Å². The molecule has 160 valence electrons. The van der Waals surface area contributed by atoms with Crippen molar-refractivity contribution in [2.75, 3.05) is 13.2 Å². The molecule has 5 nitrogen and oxygen atoms in total. The van der Waals surface area contributed by atoms with Crippen molar-refractivity contribution < 1.29 is 14.3 Å². The first kappa shape index (κ1) is 23.5. The maximum Gasteiger partial charge on any atom is 0.325 e. The van der Waals surface area contributed by atoms with Gasteiger partial charge in [0.2, 0.25) is 0 Å². The predicted octanol–water partition coefficient (Wildman–Crippen LogP) is 4.22. The lowest BCUT2D eigenvalue weighted by molar-refractivity contribution is -0.141. The molecule has 1 amide bonds. The van der Waals surface area contributed by atoms with Crippen molar-refractivity contribution in [3.8, 4) is 0 Å². The second-order valence-electron chi connectivity index (χ2n) is 8.08. The highest BCUT2D eigenvalue weighted by Crippen LogP contribution is 2.28. The molecule has 1 N–H and O–H groups in total. The summed E-state index contributed by atoms with van der Waals surface area (Å²) in [7, 11) is 0. The standard InChI is InChI=1S/C24H30N2O3S/c1-5-29-20(27)16-25-22(30)21(24(2,3)4)26(17-18-12-8-6-9-13-18)23(28)19-14-10-7-11-15-19/h6-15,21H,5,16-17H2,1-4H3,(H,25,30). The molecule has 6 heteroatoms. The number of benzene rings is 2. The van der Waals surface area contributed by atoms with Crippen LogP contribution in [0.3, 0.4) is 0 Å². The summed E-state index contributed by atoms with van der Waals surface area (Å²) in [5, 5.41) is 3.01. The van der Waals surface area contributed by atoms with Gasteiger partial charge >= 0.3 is 5.97 Å². The van der Waals surface area contributed by atoms with Gasteiger partial charge in [0.1, 0.15) is 6.54 Å². The fourth-order valence-electron chi connectivity index (χ4n) is 3.28. The van der Waals surface area contributed by atoms with E-state index < -0.39 is 6.04 Å². The highest BCUT2D eigenvalue weighted by molar-refractivity contribution is 7.80. The molecule has 0 aliphatic rings. The van der Waals surface area contributed by atoms with Crippen LogP contribution in [0.4, 0.5) is 0 Å². The van der Waals surface area contributed by atoms with Crippen molar-refractivity contribution in [1.29, 1.82) is 0 Å². The molecule has 30 heavy (non-hydrogen) atoms. The number of nitrogens with one attached hydrogen (secondary N) is 1. The summed E-state index contributed by atoms with van der Waals surface area (Å²) in [4.78, 5) is 27.6. The van der Waals surface area contributed by atoms with Crippen LogP contribution in [-0.2, 0) is 16.1 Å². The molecule has 0 saturated heterocycles. The van der Waals surface area contributed by atoms with Crippen molar-refractivity contribution in [3.63, 3.8) is 0 Å². The number of carbonyl (C=O) groups is 2. The summed E-state index contributed by atoms with van der Waals surface area (Å²) in [5.41, 5.74) is 1.23. The van der Waals surface area contributed by atoms with Gasteiger partial charge in [-0.2, -0.15) is 0 Å². The van der Waals surface area contributed by atoms with Crippen LogP contribution in [0, 0.1) is 5.41 Å². The van der Waals surface area contributed by atoms with Gasteiger partial charge < -0.3 is 15.0 Å². The van der Waals surface area contributed by atoms with E-state index in [0.29, 0.717) is 23.7 Å². The van der Waals surface area contributed by atoms with Gasteiger partial charge in [-0.15, -0.1) is 0 Å². The maximum atomic E-state index is 13.5. The Bertz CT molecular complexity index is 848. The first-order chi connectivity index (χ1) is 14.2. The molecule has 2 aromatic carbocycles. The van der Waals surface area contributed by atoms with E-state index in [2.05, 4.69) is 5.32 Å². The lowest BCUT2D eigenvalue weighted by atomic mass is 9.84. The first-order valence-electron chi connectivity index (χ1n) is 10.1. The molecule has 2 aromatic rings. The van der Waals surface area contributed by atoms with Crippen molar-refractivity contribution in [2.24, 2.45) is 5.41 Å². The van der Waals surface area contributed by atoms with Gasteiger partial charge in [-0.1, -0.05) is 81.5 Å². The van der Waals surface area contributed by atoms with Gasteiger partial charge in [0, 0.05) is 12.1 Å². The van der Waals surface area contributed by atoms with Crippen molar-refractivity contribution >= 4 is 29.1 Å². The quantitative estimate of drug-likeness (QED) is 0.506. The Kier molecular flexibility index (Phi) is 8.54. The van der Waals surface area contributed by atoms with Crippen LogP contribution >= 0.6 is 12.2 Å². The van der Waals surface area contributed by atoms with Gasteiger partial charge in [0.15, 0.2) is 0 Å². The monoisotopic (exact) mass is 426 g/mol. The summed E-state index contributed by atoms with van der Waals surface area (Å²) in [6.45, 7) is 8.54. The summed E-state index contributed by atoms with van der Waals surface area (Å²) in [5.74, 6) is -0.490. The van der Waals surface area contributed by atoms with E-state index >= 15 is 0 Å². The normalized spacial score (nSPS) is 12.0. The molecule has 0 bridgehead atoms. The highest BCUT2D eigenvalue weighted by atomic mass is 32.1. The van der Waals surface area contributed by atoms with Crippen LogP contribution in [0.2, 0.25) is 0 Å². The summed E-state index contributed by atoms with van der Waals surface area (Å²) in [6, 6.07) is 18.6. The molecule has 0 aliphatic heterocycles. The fraction of sp³-hybridized carbons (Fsp3) is 0.375. The summed E-state index contributed by atoms with van der Waals surface area (Å²) < 4.78 is 4.99. The van der Waals surface area contributed by atoms with Crippen LogP contribution in [0.1, 0.15) is 43.6 Å². The number of nitrogens with zero attached hydrogens (tertiary/aromatic N) is 1. The predicted molar refractivity (Wildman–Crippen MR) is 123 cm³/mol. The maximum absolute atomic E-state index is 13.5. The Hall–Kier alpha value is -2.73. The van der Waals surface area contributed by atoms with E-state index in [0.717, 1.165) is 5.56 Å². The Morgan fingerprint density at radius 2 is 1.60 bits per heavy atom. The molecule has 0 spiro atoms. The second-order valence-corrected chi connectivity index (χ2v) is 8.52. The number of amides is 1. The number of ether oxygens (including phenoxy) is 1. The van der Waals surface area contributed by atoms with Crippen LogP contribution in [0.25, 0.3) is 0 Å². The number of carbonyl (C=O) groups excluding carboxylic acids is 2. The third-order valence-corrected chi connectivity index (χ3v) is 4.94. The van der Waals surface area contributed by atoms with Crippen molar-refractivity contribution in [2.45, 2.75) is 40.3 Å². The van der Waals surface area contributed by atoms with E-state index in [1.165, 1.54) is 0 Å². The molecule has 1 atom stereocenters. The SMILES string of the molecule is CCOC(=O)CNC(=S)C(N(Cc1ccccc1)C(=O)c1ccccc1)C(C)(C)C. The zero-order chi connectivity index (χ0) is 22.1. The van der Waals surface area contributed by atoms with E-state index in [1.54, 1.807) is 24.0 Å². The Labute approximate surface area is 184 Å². The van der Waals surface area contributed by atoms with E-state index in [-0.39, 0.29) is 23.8 Å².